The van der Waals surface area contributed by atoms with Crippen LogP contribution in [0.1, 0.15) is 36.9 Å². The van der Waals surface area contributed by atoms with Crippen molar-refractivity contribution in [2.75, 3.05) is 13.6 Å². The van der Waals surface area contributed by atoms with Crippen LogP contribution in [0.15, 0.2) is 35.1 Å². The lowest BCUT2D eigenvalue weighted by molar-refractivity contribution is 0.236. The Balaban J connectivity index is 1.50. The maximum atomic E-state index is 13.1. The van der Waals surface area contributed by atoms with E-state index in [0.29, 0.717) is 24.5 Å². The van der Waals surface area contributed by atoms with Crippen LogP contribution < -0.4 is 16.4 Å². The van der Waals surface area contributed by atoms with Crippen LogP contribution in [0.2, 0.25) is 0 Å². The minimum atomic E-state index is 0.0844. The number of hydrogen-bond acceptors (Lipinski definition) is 4. The zero-order valence-corrected chi connectivity index (χ0v) is 16.6. The Morgan fingerprint density at radius 1 is 1.15 bits per heavy atom. The summed E-state index contributed by atoms with van der Waals surface area (Å²) in [5.74, 6) is 0.707. The largest absolute Gasteiger partial charge is 0.300 e. The Kier molecular flexibility index (Phi) is 5.21. The van der Waals surface area contributed by atoms with E-state index >= 15 is 0 Å². The van der Waals surface area contributed by atoms with Crippen LogP contribution in [0.4, 0.5) is 0 Å². The number of likely N-dealkylation sites (N-methyl/N-ethyl adjacent to an activating group) is 1. The first kappa shape index (κ1) is 18.5. The van der Waals surface area contributed by atoms with Crippen LogP contribution in [0.5, 0.6) is 0 Å². The van der Waals surface area contributed by atoms with E-state index in [9.17, 15) is 4.79 Å². The van der Waals surface area contributed by atoms with Crippen molar-refractivity contribution in [3.8, 4) is 5.69 Å². The molecule has 3 unspecified atom stereocenters. The highest BCUT2D eigenvalue weighted by molar-refractivity contribution is 5.33. The van der Waals surface area contributed by atoms with E-state index in [-0.39, 0.29) is 5.56 Å². The summed E-state index contributed by atoms with van der Waals surface area (Å²) < 4.78 is 3.73. The summed E-state index contributed by atoms with van der Waals surface area (Å²) in [5, 5.41) is 0. The summed E-state index contributed by atoms with van der Waals surface area (Å²) in [5.41, 5.74) is 9.91. The van der Waals surface area contributed by atoms with E-state index in [4.69, 9.17) is 0 Å². The lowest BCUT2D eigenvalue weighted by Gasteiger charge is -2.29. The van der Waals surface area contributed by atoms with Gasteiger partial charge in [0, 0.05) is 37.9 Å². The molecule has 2 N–H and O–H groups in total. The molecule has 2 fully saturated rings. The predicted molar refractivity (Wildman–Crippen MR) is 108 cm³/mol. The maximum Gasteiger partial charge on any atom is 0.276 e. The van der Waals surface area contributed by atoms with Crippen LogP contribution in [0.25, 0.3) is 5.69 Å². The molecular weight excluding hydrogens is 338 g/mol. The number of benzene rings is 1. The second kappa shape index (κ2) is 7.62. The van der Waals surface area contributed by atoms with Crippen LogP contribution in [-0.2, 0) is 13.6 Å². The van der Waals surface area contributed by atoms with Gasteiger partial charge in [-0.2, -0.15) is 0 Å². The predicted octanol–water partition coefficient (Wildman–Crippen LogP) is 1.95. The van der Waals surface area contributed by atoms with Crippen molar-refractivity contribution in [2.45, 2.75) is 51.2 Å². The zero-order chi connectivity index (χ0) is 19.0. The number of nitrogens with one attached hydrogen (secondary N) is 2. The molecule has 1 aliphatic heterocycles. The lowest BCUT2D eigenvalue weighted by atomic mass is 9.81. The van der Waals surface area contributed by atoms with Crippen molar-refractivity contribution in [3.63, 3.8) is 0 Å². The molecule has 1 saturated carbocycles. The van der Waals surface area contributed by atoms with Crippen LogP contribution in [-0.4, -0.2) is 39.9 Å². The van der Waals surface area contributed by atoms with E-state index < -0.39 is 0 Å². The van der Waals surface area contributed by atoms with E-state index in [0.717, 1.165) is 23.5 Å². The van der Waals surface area contributed by atoms with Crippen molar-refractivity contribution in [1.82, 2.24) is 25.1 Å². The zero-order valence-electron chi connectivity index (χ0n) is 16.6. The first-order chi connectivity index (χ1) is 13.1. The Labute approximate surface area is 161 Å². The van der Waals surface area contributed by atoms with Crippen molar-refractivity contribution < 1.29 is 0 Å². The minimum absolute atomic E-state index is 0.0844. The summed E-state index contributed by atoms with van der Waals surface area (Å²) in [7, 11) is 4.08. The molecule has 1 saturated heterocycles. The van der Waals surface area contributed by atoms with Gasteiger partial charge in [-0.3, -0.25) is 20.3 Å². The highest BCUT2D eigenvalue weighted by Crippen LogP contribution is 2.30. The van der Waals surface area contributed by atoms with Gasteiger partial charge in [0.2, 0.25) is 0 Å². The van der Waals surface area contributed by atoms with Gasteiger partial charge in [-0.05, 0) is 44.9 Å². The number of nitrogens with zero attached hydrogens (tertiary/aromatic N) is 3. The third-order valence-electron chi connectivity index (χ3n) is 6.40. The highest BCUT2D eigenvalue weighted by atomic mass is 16.1. The molecule has 6 heteroatoms. The van der Waals surface area contributed by atoms with Gasteiger partial charge < -0.3 is 4.90 Å². The summed E-state index contributed by atoms with van der Waals surface area (Å²) in [4.78, 5) is 15.4. The molecule has 2 aromatic rings. The molecule has 146 valence electrons. The van der Waals surface area contributed by atoms with Gasteiger partial charge in [0.15, 0.2) is 0 Å². The van der Waals surface area contributed by atoms with Gasteiger partial charge in [0.05, 0.1) is 11.3 Å². The Morgan fingerprint density at radius 2 is 1.89 bits per heavy atom. The molecule has 0 spiro atoms. The molecule has 27 heavy (non-hydrogen) atoms. The summed E-state index contributed by atoms with van der Waals surface area (Å²) in [6.07, 6.45) is 5.25. The molecule has 0 amide bonds. The average Bonchev–Trinajstić information content (AvgIpc) is 3.17. The molecule has 0 radical (unpaired) electrons. The van der Waals surface area contributed by atoms with Gasteiger partial charge in [-0.1, -0.05) is 31.0 Å². The SMILES string of the molecule is Cc1c(CN(C)CC2NNC3CCCCC32)c(=O)n(-c2ccccc2)n1C. The van der Waals surface area contributed by atoms with Crippen molar-refractivity contribution in [3.05, 3.63) is 51.9 Å². The van der Waals surface area contributed by atoms with Crippen molar-refractivity contribution >= 4 is 0 Å². The topological polar surface area (TPSA) is 54.2 Å². The first-order valence-electron chi connectivity index (χ1n) is 10.1. The minimum Gasteiger partial charge on any atom is -0.300 e. The molecule has 1 aliphatic carbocycles. The van der Waals surface area contributed by atoms with E-state index in [1.165, 1.54) is 25.7 Å². The monoisotopic (exact) mass is 369 g/mol. The van der Waals surface area contributed by atoms with Gasteiger partial charge in [-0.25, -0.2) is 4.68 Å². The molecule has 0 bridgehead atoms. The van der Waals surface area contributed by atoms with Crippen molar-refractivity contribution in [2.24, 2.45) is 13.0 Å². The van der Waals surface area contributed by atoms with Crippen LogP contribution >= 0.6 is 0 Å². The summed E-state index contributed by atoms with van der Waals surface area (Å²) >= 11 is 0. The smallest absolute Gasteiger partial charge is 0.276 e. The molecule has 3 atom stereocenters. The molecular formula is C21H31N5O. The Bertz CT molecular complexity index is 840. The number of fused-ring (bicyclic) bond motifs is 1. The summed E-state index contributed by atoms with van der Waals surface area (Å²) in [6.45, 7) is 3.66. The molecule has 2 aliphatic rings. The second-order valence-electron chi connectivity index (χ2n) is 8.19. The van der Waals surface area contributed by atoms with Crippen molar-refractivity contribution in [1.29, 1.82) is 0 Å². The second-order valence-corrected chi connectivity index (χ2v) is 8.19. The lowest BCUT2D eigenvalue weighted by Crippen LogP contribution is -2.41. The quantitative estimate of drug-likeness (QED) is 0.846. The molecule has 6 nitrogen and oxygen atoms in total. The van der Waals surface area contributed by atoms with Gasteiger partial charge >= 0.3 is 0 Å². The fraction of sp³-hybridized carbons (Fsp3) is 0.571. The fourth-order valence-corrected chi connectivity index (χ4v) is 4.80. The summed E-state index contributed by atoms with van der Waals surface area (Å²) in [6, 6.07) is 10.9. The third kappa shape index (κ3) is 3.49. The molecule has 4 rings (SSSR count). The highest BCUT2D eigenvalue weighted by Gasteiger charge is 2.37. The standard InChI is InChI=1S/C21H31N5O/c1-15-18(21(27)26(25(15)3)16-9-5-4-6-10-16)13-24(2)14-20-17-11-7-8-12-19(17)22-23-20/h4-6,9-10,17,19-20,22-23H,7-8,11-14H2,1-3H3. The molecule has 1 aromatic carbocycles. The fourth-order valence-electron chi connectivity index (χ4n) is 4.80. The third-order valence-corrected chi connectivity index (χ3v) is 6.40. The van der Waals surface area contributed by atoms with Crippen LogP contribution in [0, 0.1) is 12.8 Å². The Morgan fingerprint density at radius 3 is 2.67 bits per heavy atom. The normalized spacial score (nSPS) is 25.1. The maximum absolute atomic E-state index is 13.1. The molecule has 2 heterocycles. The number of aromatic nitrogens is 2. The first-order valence-corrected chi connectivity index (χ1v) is 10.1. The van der Waals surface area contributed by atoms with E-state index in [2.05, 4.69) is 22.8 Å². The van der Waals surface area contributed by atoms with Gasteiger partial charge in [0.1, 0.15) is 0 Å². The Hall–Kier alpha value is -1.89. The van der Waals surface area contributed by atoms with E-state index in [1.807, 2.05) is 49.0 Å². The number of hydrazine groups is 1. The number of hydrogen-bond donors (Lipinski definition) is 2. The number of para-hydroxylation sites is 1. The number of rotatable bonds is 5. The van der Waals surface area contributed by atoms with Gasteiger partial charge in [0.25, 0.3) is 5.56 Å². The average molecular weight is 370 g/mol. The van der Waals surface area contributed by atoms with E-state index in [1.54, 1.807) is 4.68 Å². The van der Waals surface area contributed by atoms with Gasteiger partial charge in [-0.15, -0.1) is 0 Å². The molecule has 1 aromatic heterocycles. The van der Waals surface area contributed by atoms with Crippen LogP contribution in [0.3, 0.4) is 0 Å².